The maximum atomic E-state index is 13.9. The molecule has 45 heavy (non-hydrogen) atoms. The molecule has 244 valence electrons. The molecule has 6 nitrogen and oxygen atoms in total. The van der Waals surface area contributed by atoms with E-state index in [0.29, 0.717) is 37.9 Å². The van der Waals surface area contributed by atoms with Crippen molar-refractivity contribution in [2.45, 2.75) is 72.0 Å². The Kier molecular flexibility index (Phi) is 9.53. The van der Waals surface area contributed by atoms with Crippen LogP contribution in [-0.4, -0.2) is 62.5 Å². The van der Waals surface area contributed by atoms with Crippen molar-refractivity contribution < 1.29 is 22.8 Å². The molecule has 9 heteroatoms. The van der Waals surface area contributed by atoms with Crippen LogP contribution in [0.5, 0.6) is 0 Å². The highest BCUT2D eigenvalue weighted by atomic mass is 19.4. The lowest BCUT2D eigenvalue weighted by molar-refractivity contribution is -0.168. The second-order valence-electron chi connectivity index (χ2n) is 14.2. The smallest absolute Gasteiger partial charge is 0.378 e. The summed E-state index contributed by atoms with van der Waals surface area (Å²) in [5, 5.41) is 0. The van der Waals surface area contributed by atoms with Crippen LogP contribution in [0.4, 0.5) is 30.2 Å². The number of benzene rings is 2. The number of hydrogen-bond acceptors (Lipinski definition) is 5. The van der Waals surface area contributed by atoms with Gasteiger partial charge < -0.3 is 19.6 Å². The van der Waals surface area contributed by atoms with Gasteiger partial charge in [-0.2, -0.15) is 13.2 Å². The Morgan fingerprint density at radius 1 is 0.822 bits per heavy atom. The van der Waals surface area contributed by atoms with Gasteiger partial charge in [-0.3, -0.25) is 9.59 Å². The van der Waals surface area contributed by atoms with Crippen molar-refractivity contribution in [1.29, 1.82) is 0 Å². The first-order valence-corrected chi connectivity index (χ1v) is 15.6. The van der Waals surface area contributed by atoms with Gasteiger partial charge in [-0.05, 0) is 86.8 Å². The number of ketones is 1. The summed E-state index contributed by atoms with van der Waals surface area (Å²) >= 11 is 0. The number of allylic oxidation sites excluding steroid dienone is 1. The van der Waals surface area contributed by atoms with Gasteiger partial charge in [0.1, 0.15) is 0 Å². The second-order valence-corrected chi connectivity index (χ2v) is 14.2. The molecule has 0 fully saturated rings. The van der Waals surface area contributed by atoms with Gasteiger partial charge in [0.2, 0.25) is 0 Å². The molecule has 1 atom stereocenters. The average molecular weight is 625 g/mol. The molecule has 0 bridgehead atoms. The van der Waals surface area contributed by atoms with E-state index in [1.807, 2.05) is 79.8 Å². The van der Waals surface area contributed by atoms with E-state index in [-0.39, 0.29) is 16.9 Å². The molecule has 0 saturated carbocycles. The van der Waals surface area contributed by atoms with Crippen molar-refractivity contribution in [3.05, 3.63) is 78.1 Å². The topological polar surface area (TPSA) is 47.1 Å². The van der Waals surface area contributed by atoms with Gasteiger partial charge in [0, 0.05) is 80.4 Å². The second kappa shape index (κ2) is 12.6. The Balaban J connectivity index is 1.59. The Bertz CT molecular complexity index is 1440. The van der Waals surface area contributed by atoms with E-state index in [1.54, 1.807) is 23.8 Å². The molecular formula is C36H47F3N4O2. The number of carbonyl (C=O) groups excluding carboxylic acids is 2. The molecule has 0 N–H and O–H groups in total. The number of Topliss-reactive ketones (excluding diaryl/α,β-unsaturated/α-hetero) is 1. The maximum Gasteiger partial charge on any atom is 0.454 e. The molecule has 0 aromatic heterocycles. The SMILES string of the molecule is CN(C)c1ccc(N2C=C(C(=O)C(F)(F)F)C(C)(CCC(C)(C)N3C=C(C(=O)N(C)c4ccccc4)C(C)(C)CC3)CC2)cc1. The van der Waals surface area contributed by atoms with Crippen molar-refractivity contribution in [3.63, 3.8) is 0 Å². The van der Waals surface area contributed by atoms with Crippen LogP contribution in [0, 0.1) is 10.8 Å². The van der Waals surface area contributed by atoms with Crippen LogP contribution in [0.1, 0.15) is 60.3 Å². The highest BCUT2D eigenvalue weighted by Crippen LogP contribution is 2.46. The number of amides is 1. The lowest BCUT2D eigenvalue weighted by Crippen LogP contribution is -2.48. The zero-order chi connectivity index (χ0) is 33.4. The Morgan fingerprint density at radius 3 is 2.02 bits per heavy atom. The van der Waals surface area contributed by atoms with Gasteiger partial charge >= 0.3 is 6.18 Å². The molecule has 4 rings (SSSR count). The van der Waals surface area contributed by atoms with E-state index in [2.05, 4.69) is 32.6 Å². The molecule has 2 aromatic rings. The largest absolute Gasteiger partial charge is 0.454 e. The summed E-state index contributed by atoms with van der Waals surface area (Å²) in [4.78, 5) is 34.1. The van der Waals surface area contributed by atoms with Crippen molar-refractivity contribution in [3.8, 4) is 0 Å². The van der Waals surface area contributed by atoms with E-state index >= 15 is 0 Å². The minimum Gasteiger partial charge on any atom is -0.378 e. The molecule has 0 saturated heterocycles. The monoisotopic (exact) mass is 624 g/mol. The van der Waals surface area contributed by atoms with Gasteiger partial charge in [-0.25, -0.2) is 0 Å². The zero-order valence-electron chi connectivity index (χ0n) is 27.8. The van der Waals surface area contributed by atoms with Gasteiger partial charge in [0.25, 0.3) is 11.7 Å². The van der Waals surface area contributed by atoms with E-state index < -0.39 is 22.9 Å². The Labute approximate surface area is 266 Å². The van der Waals surface area contributed by atoms with E-state index in [0.717, 1.165) is 23.5 Å². The van der Waals surface area contributed by atoms with Gasteiger partial charge in [0.15, 0.2) is 0 Å². The highest BCUT2D eigenvalue weighted by molar-refractivity contribution is 6.06. The van der Waals surface area contributed by atoms with Crippen LogP contribution in [-0.2, 0) is 9.59 Å². The first-order valence-electron chi connectivity index (χ1n) is 15.6. The summed E-state index contributed by atoms with van der Waals surface area (Å²) in [6.45, 7) is 11.3. The third kappa shape index (κ3) is 7.39. The predicted octanol–water partition coefficient (Wildman–Crippen LogP) is 7.82. The zero-order valence-corrected chi connectivity index (χ0v) is 27.8. The lowest BCUT2D eigenvalue weighted by atomic mass is 9.70. The summed E-state index contributed by atoms with van der Waals surface area (Å²) in [6.07, 6.45) is 0.482. The minimum absolute atomic E-state index is 0.0781. The quantitative estimate of drug-likeness (QED) is 0.285. The van der Waals surface area contributed by atoms with Crippen LogP contribution in [0.15, 0.2) is 78.1 Å². The first-order chi connectivity index (χ1) is 20.9. The molecule has 2 aliphatic rings. The summed E-state index contributed by atoms with van der Waals surface area (Å²) < 4.78 is 41.8. The van der Waals surface area contributed by atoms with Crippen molar-refractivity contribution in [2.75, 3.05) is 48.9 Å². The third-order valence-corrected chi connectivity index (χ3v) is 9.78. The average Bonchev–Trinajstić information content (AvgIpc) is 2.99. The normalized spacial score (nSPS) is 20.3. The molecule has 2 aromatic carbocycles. The Morgan fingerprint density at radius 2 is 1.44 bits per heavy atom. The summed E-state index contributed by atoms with van der Waals surface area (Å²) in [6, 6.07) is 17.1. The molecule has 0 aliphatic carbocycles. The minimum atomic E-state index is -4.97. The standard InChI is InChI=1S/C36H47F3N4O2/c1-33(2)20-23-43(25-30(33)32(45)41(8)27-12-10-9-11-13-27)34(3,4)18-19-35(5)21-22-42(24-29(35)31(44)36(37,38)39)28-16-14-26(15-17-28)40(6)7/h9-17,24-25H,18-23H2,1-8H3. The number of likely N-dealkylation sites (N-methyl/N-ethyl adjacent to an activating group) is 1. The van der Waals surface area contributed by atoms with Crippen molar-refractivity contribution in [2.24, 2.45) is 10.8 Å². The van der Waals surface area contributed by atoms with Gasteiger partial charge in [0.05, 0.1) is 0 Å². The number of para-hydroxylation sites is 1. The molecule has 1 unspecified atom stereocenters. The Hall–Kier alpha value is -3.75. The number of anilines is 3. The van der Waals surface area contributed by atoms with Crippen LogP contribution in [0.3, 0.4) is 0 Å². The van der Waals surface area contributed by atoms with Gasteiger partial charge in [-0.1, -0.05) is 39.0 Å². The molecule has 0 spiro atoms. The number of rotatable bonds is 9. The lowest BCUT2D eigenvalue weighted by Gasteiger charge is -2.47. The van der Waals surface area contributed by atoms with E-state index in [1.165, 1.54) is 6.20 Å². The number of hydrogen-bond donors (Lipinski definition) is 0. The molecule has 2 aliphatic heterocycles. The fourth-order valence-corrected chi connectivity index (χ4v) is 6.20. The summed E-state index contributed by atoms with van der Waals surface area (Å²) in [5.74, 6) is -1.86. The summed E-state index contributed by atoms with van der Waals surface area (Å²) in [7, 11) is 5.62. The first kappa shape index (κ1) is 34.1. The molecule has 1 amide bonds. The number of nitrogens with zero attached hydrogens (tertiary/aromatic N) is 4. The third-order valence-electron chi connectivity index (χ3n) is 9.78. The van der Waals surface area contributed by atoms with Crippen LogP contribution < -0.4 is 14.7 Å². The van der Waals surface area contributed by atoms with Crippen LogP contribution in [0.2, 0.25) is 0 Å². The van der Waals surface area contributed by atoms with E-state index in [4.69, 9.17) is 0 Å². The van der Waals surface area contributed by atoms with Crippen molar-refractivity contribution >= 4 is 28.8 Å². The number of carbonyl (C=O) groups is 2. The maximum absolute atomic E-state index is 13.9. The van der Waals surface area contributed by atoms with Gasteiger partial charge in [-0.15, -0.1) is 0 Å². The van der Waals surface area contributed by atoms with Crippen LogP contribution >= 0.6 is 0 Å². The highest BCUT2D eigenvalue weighted by Gasteiger charge is 2.49. The fourth-order valence-electron chi connectivity index (χ4n) is 6.20. The molecule has 0 radical (unpaired) electrons. The fraction of sp³-hybridized carbons (Fsp3) is 0.500. The number of alkyl halides is 3. The van der Waals surface area contributed by atoms with E-state index in [9.17, 15) is 22.8 Å². The van der Waals surface area contributed by atoms with Crippen molar-refractivity contribution in [1.82, 2.24) is 4.90 Å². The number of halogens is 3. The molecule has 2 heterocycles. The van der Waals surface area contributed by atoms with Crippen LogP contribution in [0.25, 0.3) is 0 Å². The predicted molar refractivity (Wildman–Crippen MR) is 176 cm³/mol. The molecular weight excluding hydrogens is 577 g/mol. The summed E-state index contributed by atoms with van der Waals surface area (Å²) in [5.41, 5.74) is 1.24.